The van der Waals surface area contributed by atoms with Crippen LogP contribution in [-0.2, 0) is 0 Å². The van der Waals surface area contributed by atoms with Crippen molar-refractivity contribution in [2.24, 2.45) is 0 Å². The van der Waals surface area contributed by atoms with Gasteiger partial charge in [-0.25, -0.2) is 0 Å². The molecule has 1 heterocycles. The number of pyridine rings is 1. The number of nitrogens with two attached hydrogens (primary N) is 1. The zero-order chi connectivity index (χ0) is 14.1. The Morgan fingerprint density at radius 3 is 2.55 bits per heavy atom. The normalized spacial score (nSPS) is 10.7. The van der Waals surface area contributed by atoms with E-state index in [1.165, 1.54) is 0 Å². The number of nitrogens with zero attached hydrogens (tertiary/aromatic N) is 1. The molecule has 0 unspecified atom stereocenters. The van der Waals surface area contributed by atoms with Crippen LogP contribution in [0.3, 0.4) is 0 Å². The van der Waals surface area contributed by atoms with Crippen LogP contribution in [0.4, 0.5) is 5.69 Å². The molecule has 3 rings (SSSR count). The molecular formula is C15H10Cl2N2O. The van der Waals surface area contributed by atoms with Gasteiger partial charge in [0.25, 0.3) is 0 Å². The molecule has 2 aromatic carbocycles. The molecule has 1 aromatic heterocycles. The Kier molecular flexibility index (Phi) is 3.38. The summed E-state index contributed by atoms with van der Waals surface area (Å²) in [7, 11) is 0. The summed E-state index contributed by atoms with van der Waals surface area (Å²) in [5.74, 6) is 1.18. The Labute approximate surface area is 125 Å². The SMILES string of the molecule is Nc1ccc(Oc2ccc(Cl)cc2Cl)c2cnccc12. The first-order chi connectivity index (χ1) is 9.65. The van der Waals surface area contributed by atoms with E-state index in [0.29, 0.717) is 27.2 Å². The van der Waals surface area contributed by atoms with E-state index in [1.807, 2.05) is 6.07 Å². The minimum atomic E-state index is 0.450. The number of fused-ring (bicyclic) bond motifs is 1. The van der Waals surface area contributed by atoms with E-state index >= 15 is 0 Å². The lowest BCUT2D eigenvalue weighted by Crippen LogP contribution is -1.91. The zero-order valence-electron chi connectivity index (χ0n) is 10.3. The molecule has 0 amide bonds. The topological polar surface area (TPSA) is 48.1 Å². The average Bonchev–Trinajstić information content (AvgIpc) is 2.45. The van der Waals surface area contributed by atoms with E-state index in [1.54, 1.807) is 42.7 Å². The van der Waals surface area contributed by atoms with Crippen LogP contribution in [0.25, 0.3) is 10.8 Å². The second kappa shape index (κ2) is 5.19. The van der Waals surface area contributed by atoms with Gasteiger partial charge in [-0.2, -0.15) is 0 Å². The number of hydrogen-bond donors (Lipinski definition) is 1. The number of rotatable bonds is 2. The fraction of sp³-hybridized carbons (Fsp3) is 0. The summed E-state index contributed by atoms with van der Waals surface area (Å²) in [5, 5.41) is 2.73. The lowest BCUT2D eigenvalue weighted by atomic mass is 10.1. The van der Waals surface area contributed by atoms with Gasteiger partial charge in [-0.1, -0.05) is 23.2 Å². The van der Waals surface area contributed by atoms with Crippen molar-refractivity contribution < 1.29 is 4.74 Å². The molecule has 0 aliphatic carbocycles. The zero-order valence-corrected chi connectivity index (χ0v) is 11.8. The largest absolute Gasteiger partial charge is 0.455 e. The Bertz CT molecular complexity index is 790. The van der Waals surface area contributed by atoms with Gasteiger partial charge in [0, 0.05) is 33.9 Å². The molecule has 0 aliphatic heterocycles. The highest BCUT2D eigenvalue weighted by Gasteiger charge is 2.09. The number of aromatic nitrogens is 1. The third-order valence-corrected chi connectivity index (χ3v) is 3.46. The van der Waals surface area contributed by atoms with E-state index < -0.39 is 0 Å². The van der Waals surface area contributed by atoms with Gasteiger partial charge in [-0.05, 0) is 36.4 Å². The van der Waals surface area contributed by atoms with Gasteiger partial charge in [-0.3, -0.25) is 4.98 Å². The summed E-state index contributed by atoms with van der Waals surface area (Å²) in [6.45, 7) is 0. The maximum Gasteiger partial charge on any atom is 0.146 e. The standard InChI is InChI=1S/C15H10Cl2N2O/c16-9-1-3-15(12(17)7-9)20-14-4-2-13(18)10-5-6-19-8-11(10)14/h1-8H,18H2. The number of halogens is 2. The molecule has 0 fully saturated rings. The van der Waals surface area contributed by atoms with E-state index in [2.05, 4.69) is 4.98 Å². The van der Waals surface area contributed by atoms with Crippen molar-refractivity contribution in [3.63, 3.8) is 0 Å². The van der Waals surface area contributed by atoms with E-state index in [-0.39, 0.29) is 0 Å². The summed E-state index contributed by atoms with van der Waals surface area (Å²) in [4.78, 5) is 4.10. The Balaban J connectivity index is 2.09. The maximum atomic E-state index is 6.11. The lowest BCUT2D eigenvalue weighted by molar-refractivity contribution is 0.488. The van der Waals surface area contributed by atoms with E-state index in [0.717, 1.165) is 10.8 Å². The highest BCUT2D eigenvalue weighted by atomic mass is 35.5. The predicted molar refractivity (Wildman–Crippen MR) is 82.7 cm³/mol. The Morgan fingerprint density at radius 2 is 1.75 bits per heavy atom. The van der Waals surface area contributed by atoms with E-state index in [9.17, 15) is 0 Å². The highest BCUT2D eigenvalue weighted by Crippen LogP contribution is 2.36. The first kappa shape index (κ1) is 13.0. The summed E-state index contributed by atoms with van der Waals surface area (Å²) in [6.07, 6.45) is 3.41. The molecule has 0 atom stereocenters. The maximum absolute atomic E-state index is 6.11. The van der Waals surface area contributed by atoms with Gasteiger partial charge >= 0.3 is 0 Å². The summed E-state index contributed by atoms with van der Waals surface area (Å²) < 4.78 is 5.85. The fourth-order valence-electron chi connectivity index (χ4n) is 1.95. The van der Waals surface area contributed by atoms with Crippen molar-refractivity contribution >= 4 is 39.7 Å². The minimum absolute atomic E-state index is 0.450. The quantitative estimate of drug-likeness (QED) is 0.684. The fourth-order valence-corrected chi connectivity index (χ4v) is 2.40. The predicted octanol–water partition coefficient (Wildman–Crippen LogP) is 4.92. The summed E-state index contributed by atoms with van der Waals surface area (Å²) >= 11 is 12.0. The average molecular weight is 305 g/mol. The van der Waals surface area contributed by atoms with Crippen molar-refractivity contribution in [2.75, 3.05) is 5.73 Å². The number of ether oxygens (including phenoxy) is 1. The molecule has 5 heteroatoms. The number of nitrogen functional groups attached to an aromatic ring is 1. The molecule has 0 saturated carbocycles. The molecule has 0 saturated heterocycles. The number of benzene rings is 2. The third kappa shape index (κ3) is 2.38. The molecule has 20 heavy (non-hydrogen) atoms. The lowest BCUT2D eigenvalue weighted by Gasteiger charge is -2.11. The number of anilines is 1. The van der Waals surface area contributed by atoms with Gasteiger partial charge in [0.15, 0.2) is 0 Å². The van der Waals surface area contributed by atoms with Crippen LogP contribution < -0.4 is 10.5 Å². The molecule has 0 spiro atoms. The summed E-state index contributed by atoms with van der Waals surface area (Å²) in [5.41, 5.74) is 6.62. The first-order valence-electron chi connectivity index (χ1n) is 5.90. The molecule has 3 aromatic rings. The Hall–Kier alpha value is -1.97. The van der Waals surface area contributed by atoms with Crippen molar-refractivity contribution in [1.29, 1.82) is 0 Å². The van der Waals surface area contributed by atoms with Crippen LogP contribution in [0.1, 0.15) is 0 Å². The second-order valence-corrected chi connectivity index (χ2v) is 5.09. The van der Waals surface area contributed by atoms with Crippen LogP contribution in [0.15, 0.2) is 48.8 Å². The van der Waals surface area contributed by atoms with Crippen LogP contribution in [0.2, 0.25) is 10.0 Å². The minimum Gasteiger partial charge on any atom is -0.455 e. The van der Waals surface area contributed by atoms with Crippen LogP contribution in [-0.4, -0.2) is 4.98 Å². The monoisotopic (exact) mass is 304 g/mol. The van der Waals surface area contributed by atoms with Gasteiger partial charge in [-0.15, -0.1) is 0 Å². The molecule has 0 aliphatic rings. The van der Waals surface area contributed by atoms with Crippen molar-refractivity contribution in [1.82, 2.24) is 4.98 Å². The Morgan fingerprint density at radius 1 is 0.950 bits per heavy atom. The molecular weight excluding hydrogens is 295 g/mol. The van der Waals surface area contributed by atoms with Crippen molar-refractivity contribution in [2.45, 2.75) is 0 Å². The molecule has 0 radical (unpaired) electrons. The van der Waals surface area contributed by atoms with Gasteiger partial charge in [0.2, 0.25) is 0 Å². The molecule has 0 bridgehead atoms. The van der Waals surface area contributed by atoms with Crippen molar-refractivity contribution in [3.05, 3.63) is 58.8 Å². The molecule has 100 valence electrons. The van der Waals surface area contributed by atoms with Gasteiger partial charge in [0.1, 0.15) is 11.5 Å². The smallest absolute Gasteiger partial charge is 0.146 e. The third-order valence-electron chi connectivity index (χ3n) is 2.93. The molecule has 3 nitrogen and oxygen atoms in total. The van der Waals surface area contributed by atoms with Gasteiger partial charge in [0.05, 0.1) is 5.02 Å². The van der Waals surface area contributed by atoms with Crippen LogP contribution in [0, 0.1) is 0 Å². The van der Waals surface area contributed by atoms with Gasteiger partial charge < -0.3 is 10.5 Å². The number of hydrogen-bond acceptors (Lipinski definition) is 3. The highest BCUT2D eigenvalue weighted by molar-refractivity contribution is 6.35. The summed E-state index contributed by atoms with van der Waals surface area (Å²) in [6, 6.07) is 10.5. The van der Waals surface area contributed by atoms with E-state index in [4.69, 9.17) is 33.7 Å². The van der Waals surface area contributed by atoms with Crippen LogP contribution >= 0.6 is 23.2 Å². The molecule has 2 N–H and O–H groups in total. The van der Waals surface area contributed by atoms with Crippen LogP contribution in [0.5, 0.6) is 11.5 Å². The first-order valence-corrected chi connectivity index (χ1v) is 6.66. The van der Waals surface area contributed by atoms with Crippen molar-refractivity contribution in [3.8, 4) is 11.5 Å². The second-order valence-electron chi connectivity index (χ2n) is 4.25.